The summed E-state index contributed by atoms with van der Waals surface area (Å²) in [6.07, 6.45) is 0. The Morgan fingerprint density at radius 1 is 1.25 bits per heavy atom. The number of hydrogen-bond donors (Lipinski definition) is 1. The average molecular weight is 352 g/mol. The van der Waals surface area contributed by atoms with Crippen molar-refractivity contribution in [3.63, 3.8) is 0 Å². The van der Waals surface area contributed by atoms with Gasteiger partial charge in [0.25, 0.3) is 0 Å². The van der Waals surface area contributed by atoms with E-state index in [4.69, 9.17) is 17.3 Å². The van der Waals surface area contributed by atoms with Gasteiger partial charge < -0.3 is 10.0 Å². The number of carboxylic acid groups (broad SMARTS) is 1. The lowest BCUT2D eigenvalue weighted by Crippen LogP contribution is -2.39. The third-order valence-electron chi connectivity index (χ3n) is 3.36. The summed E-state index contributed by atoms with van der Waals surface area (Å²) in [7, 11) is 1.71. The number of fused-ring (bicyclic) bond motifs is 1. The molecule has 2 rings (SSSR count). The van der Waals surface area contributed by atoms with Gasteiger partial charge in [-0.25, -0.2) is 4.79 Å². The van der Waals surface area contributed by atoms with E-state index in [1.807, 2.05) is 36.4 Å². The molecule has 0 aliphatic heterocycles. The van der Waals surface area contributed by atoms with E-state index < -0.39 is 12.0 Å². The van der Waals surface area contributed by atoms with Crippen LogP contribution in [-0.2, 0) is 4.79 Å². The highest BCUT2D eigenvalue weighted by Crippen LogP contribution is 2.27. The highest BCUT2D eigenvalue weighted by Gasteiger charge is 2.21. The zero-order chi connectivity index (χ0) is 14.9. The minimum absolute atomic E-state index is 0.531. The highest BCUT2D eigenvalue weighted by molar-refractivity contribution is 9.10. The molecule has 5 heteroatoms. The predicted octanol–water partition coefficient (Wildman–Crippen LogP) is 3.68. The monoisotopic (exact) mass is 351 g/mol. The van der Waals surface area contributed by atoms with Gasteiger partial charge in [0.05, 0.1) is 0 Å². The number of carboxylic acids is 1. The van der Waals surface area contributed by atoms with E-state index >= 15 is 0 Å². The number of benzene rings is 2. The Labute approximate surface area is 131 Å². The first kappa shape index (κ1) is 14.9. The maximum atomic E-state index is 11.1. The molecule has 0 aromatic heterocycles. The second-order valence-electron chi connectivity index (χ2n) is 4.57. The molecule has 0 radical (unpaired) electrons. The summed E-state index contributed by atoms with van der Waals surface area (Å²) in [4.78, 5) is 13.2. The van der Waals surface area contributed by atoms with Crippen LogP contribution < -0.4 is 0 Å². The standard InChI is InChI=1S/C15H14BrNO2S/c1-9(15(18)19)17(2)14(20)12-7-3-6-11-10(12)5-4-8-13(11)16/h3-9H,1-2H3,(H,18,19)/t9-/m1/s1. The van der Waals surface area contributed by atoms with Crippen LogP contribution in [-0.4, -0.2) is 34.1 Å². The summed E-state index contributed by atoms with van der Waals surface area (Å²) < 4.78 is 0.994. The molecule has 20 heavy (non-hydrogen) atoms. The Morgan fingerprint density at radius 2 is 1.85 bits per heavy atom. The van der Waals surface area contributed by atoms with Crippen molar-refractivity contribution in [1.82, 2.24) is 4.90 Å². The maximum Gasteiger partial charge on any atom is 0.326 e. The van der Waals surface area contributed by atoms with Crippen LogP contribution in [0.25, 0.3) is 10.8 Å². The van der Waals surface area contributed by atoms with Crippen LogP contribution in [0.2, 0.25) is 0 Å². The third-order valence-corrected chi connectivity index (χ3v) is 4.56. The molecule has 0 fully saturated rings. The van der Waals surface area contributed by atoms with E-state index in [9.17, 15) is 4.79 Å². The van der Waals surface area contributed by atoms with Crippen LogP contribution in [0.15, 0.2) is 40.9 Å². The van der Waals surface area contributed by atoms with Crippen LogP contribution in [0.1, 0.15) is 12.5 Å². The van der Waals surface area contributed by atoms with Gasteiger partial charge in [-0.1, -0.05) is 58.5 Å². The van der Waals surface area contributed by atoms with E-state index in [-0.39, 0.29) is 0 Å². The molecule has 0 aliphatic rings. The first-order valence-corrected chi connectivity index (χ1v) is 7.31. The highest BCUT2D eigenvalue weighted by atomic mass is 79.9. The van der Waals surface area contributed by atoms with Gasteiger partial charge in [-0.05, 0) is 23.8 Å². The van der Waals surface area contributed by atoms with Crippen molar-refractivity contribution in [3.05, 3.63) is 46.4 Å². The van der Waals surface area contributed by atoms with Gasteiger partial charge in [0, 0.05) is 17.1 Å². The number of carbonyl (C=O) groups is 1. The molecule has 0 unspecified atom stereocenters. The predicted molar refractivity (Wildman–Crippen MR) is 88.2 cm³/mol. The molecule has 0 amide bonds. The average Bonchev–Trinajstić information content (AvgIpc) is 2.44. The van der Waals surface area contributed by atoms with Crippen molar-refractivity contribution >= 4 is 49.9 Å². The van der Waals surface area contributed by atoms with Gasteiger partial charge in [0.1, 0.15) is 11.0 Å². The smallest absolute Gasteiger partial charge is 0.326 e. The summed E-state index contributed by atoms with van der Waals surface area (Å²) >= 11 is 8.98. The Kier molecular flexibility index (Phi) is 4.40. The van der Waals surface area contributed by atoms with E-state index in [1.165, 1.54) is 0 Å². The lowest BCUT2D eigenvalue weighted by atomic mass is 10.0. The summed E-state index contributed by atoms with van der Waals surface area (Å²) in [6, 6.07) is 11.1. The molecule has 0 spiro atoms. The second-order valence-corrected chi connectivity index (χ2v) is 5.81. The van der Waals surface area contributed by atoms with E-state index in [1.54, 1.807) is 18.9 Å². The van der Waals surface area contributed by atoms with Gasteiger partial charge in [0.15, 0.2) is 0 Å². The Morgan fingerprint density at radius 3 is 2.50 bits per heavy atom. The number of halogens is 1. The Hall–Kier alpha value is -1.46. The normalized spacial score (nSPS) is 12.2. The molecule has 3 nitrogen and oxygen atoms in total. The van der Waals surface area contributed by atoms with Crippen LogP contribution in [0, 0.1) is 0 Å². The van der Waals surface area contributed by atoms with Gasteiger partial charge >= 0.3 is 5.97 Å². The maximum absolute atomic E-state index is 11.1. The molecular formula is C15H14BrNO2S. The number of nitrogens with zero attached hydrogens (tertiary/aromatic N) is 1. The summed E-state index contributed by atoms with van der Waals surface area (Å²) in [6.45, 7) is 1.62. The third kappa shape index (κ3) is 2.69. The fourth-order valence-corrected chi connectivity index (χ4v) is 2.82. The van der Waals surface area contributed by atoms with Crippen LogP contribution >= 0.6 is 28.1 Å². The van der Waals surface area contributed by atoms with Gasteiger partial charge in [-0.3, -0.25) is 0 Å². The fourth-order valence-electron chi connectivity index (χ4n) is 1.99. The lowest BCUT2D eigenvalue weighted by molar-refractivity contribution is -0.140. The lowest BCUT2D eigenvalue weighted by Gasteiger charge is -2.25. The topological polar surface area (TPSA) is 40.5 Å². The zero-order valence-corrected chi connectivity index (χ0v) is 13.5. The van der Waals surface area contributed by atoms with Crippen molar-refractivity contribution in [1.29, 1.82) is 0 Å². The van der Waals surface area contributed by atoms with Crippen LogP contribution in [0.4, 0.5) is 0 Å². The number of thiocarbonyl (C=S) groups is 1. The molecule has 0 heterocycles. The Bertz CT molecular complexity index is 687. The fraction of sp³-hybridized carbons (Fsp3) is 0.200. The number of rotatable bonds is 3. The van der Waals surface area contributed by atoms with Gasteiger partial charge in [-0.15, -0.1) is 0 Å². The summed E-state index contributed by atoms with van der Waals surface area (Å²) in [5.41, 5.74) is 0.870. The second kappa shape index (κ2) is 5.89. The van der Waals surface area contributed by atoms with E-state index in [2.05, 4.69) is 15.9 Å². The molecule has 0 saturated carbocycles. The van der Waals surface area contributed by atoms with Crippen molar-refractivity contribution in [3.8, 4) is 0 Å². The minimum atomic E-state index is -0.892. The molecule has 2 aromatic carbocycles. The number of hydrogen-bond acceptors (Lipinski definition) is 2. The number of aliphatic carboxylic acids is 1. The van der Waals surface area contributed by atoms with Gasteiger partial charge in [0.2, 0.25) is 0 Å². The molecule has 104 valence electrons. The number of likely N-dealkylation sites (N-methyl/N-ethyl adjacent to an activating group) is 1. The molecule has 0 bridgehead atoms. The summed E-state index contributed by atoms with van der Waals surface area (Å²) in [5.74, 6) is -0.892. The largest absolute Gasteiger partial charge is 0.480 e. The van der Waals surface area contributed by atoms with E-state index in [0.29, 0.717) is 4.99 Å². The van der Waals surface area contributed by atoms with Crippen molar-refractivity contribution < 1.29 is 9.90 Å². The van der Waals surface area contributed by atoms with Crippen LogP contribution in [0.5, 0.6) is 0 Å². The molecule has 1 N–H and O–H groups in total. The van der Waals surface area contributed by atoms with Crippen molar-refractivity contribution in [2.75, 3.05) is 7.05 Å². The Balaban J connectivity index is 2.51. The zero-order valence-electron chi connectivity index (χ0n) is 11.1. The molecule has 0 saturated heterocycles. The first-order chi connectivity index (χ1) is 9.43. The van der Waals surface area contributed by atoms with Crippen LogP contribution in [0.3, 0.4) is 0 Å². The minimum Gasteiger partial charge on any atom is -0.480 e. The molecule has 2 aromatic rings. The summed E-state index contributed by atoms with van der Waals surface area (Å²) in [5, 5.41) is 11.2. The molecule has 0 aliphatic carbocycles. The molecule has 1 atom stereocenters. The van der Waals surface area contributed by atoms with Gasteiger partial charge in [-0.2, -0.15) is 0 Å². The first-order valence-electron chi connectivity index (χ1n) is 6.10. The quantitative estimate of drug-likeness (QED) is 0.856. The molecular weight excluding hydrogens is 338 g/mol. The van der Waals surface area contributed by atoms with Crippen molar-refractivity contribution in [2.45, 2.75) is 13.0 Å². The van der Waals surface area contributed by atoms with Crippen molar-refractivity contribution in [2.24, 2.45) is 0 Å². The SMILES string of the molecule is C[C@H](C(=O)O)N(C)C(=S)c1cccc2c(Br)cccc12. The van der Waals surface area contributed by atoms with E-state index in [0.717, 1.165) is 20.8 Å².